The lowest BCUT2D eigenvalue weighted by Gasteiger charge is -2.61. The predicted molar refractivity (Wildman–Crippen MR) is 177 cm³/mol. The Kier molecular flexibility index (Phi) is 9.86. The molecule has 0 spiro atoms. The third-order valence-corrected chi connectivity index (χ3v) is 11.3. The number of aliphatic hydroxyl groups is 2. The molecule has 2 saturated carbocycles. The van der Waals surface area contributed by atoms with E-state index in [0.717, 1.165) is 5.56 Å². The zero-order chi connectivity index (χ0) is 35.0. The summed E-state index contributed by atoms with van der Waals surface area (Å²) in [5, 5.41) is 26.8. The lowest BCUT2D eigenvalue weighted by molar-refractivity contribution is -0.180. The van der Waals surface area contributed by atoms with Crippen LogP contribution in [0.3, 0.4) is 0 Å². The topological polar surface area (TPSA) is 164 Å². The summed E-state index contributed by atoms with van der Waals surface area (Å²) in [5.41, 5.74) is 0.621. The molecule has 11 nitrogen and oxygen atoms in total. The normalized spacial score (nSPS) is 36.7. The van der Waals surface area contributed by atoms with Crippen molar-refractivity contribution >= 4 is 23.8 Å². The molecule has 3 aliphatic carbocycles. The summed E-state index contributed by atoms with van der Waals surface area (Å²) in [6.07, 6.45) is 5.14. The van der Waals surface area contributed by atoms with Gasteiger partial charge in [0.25, 0.3) is 0 Å². The number of carbonyl (C=O) groups excluding carboxylic acids is 4. The highest BCUT2D eigenvalue weighted by atomic mass is 16.6. The van der Waals surface area contributed by atoms with Gasteiger partial charge < -0.3 is 34.7 Å². The van der Waals surface area contributed by atoms with Crippen molar-refractivity contribution in [3.63, 3.8) is 0 Å². The summed E-state index contributed by atoms with van der Waals surface area (Å²) in [7, 11) is 0. The molecule has 6 rings (SSSR count). The molecule has 4 N–H and O–H groups in total. The maximum absolute atomic E-state index is 13.1. The summed E-state index contributed by atoms with van der Waals surface area (Å²) >= 11 is 0. The fraction of sp³-hybridized carbons (Fsp3) is 0.526. The molecule has 1 aromatic carbocycles. The molecule has 1 aromatic heterocycles. The van der Waals surface area contributed by atoms with Crippen molar-refractivity contribution in [3.05, 3.63) is 83.7 Å². The minimum atomic E-state index is -1.39. The number of H-pyrrole nitrogens is 1. The van der Waals surface area contributed by atoms with Gasteiger partial charge in [0, 0.05) is 48.8 Å². The van der Waals surface area contributed by atoms with Crippen LogP contribution in [-0.2, 0) is 35.0 Å². The van der Waals surface area contributed by atoms with Gasteiger partial charge in [0.1, 0.15) is 24.0 Å². The fourth-order valence-corrected chi connectivity index (χ4v) is 8.88. The summed E-state index contributed by atoms with van der Waals surface area (Å²) in [6.45, 7) is 7.37. The summed E-state index contributed by atoms with van der Waals surface area (Å²) in [6, 6.07) is 12.9. The number of carbonyl (C=O) groups is 4. The van der Waals surface area contributed by atoms with Gasteiger partial charge in [0.05, 0.1) is 11.7 Å². The summed E-state index contributed by atoms with van der Waals surface area (Å²) in [4.78, 5) is 54.2. The Morgan fingerprint density at radius 2 is 1.86 bits per heavy atom. The van der Waals surface area contributed by atoms with E-state index in [4.69, 9.17) is 14.2 Å². The molecule has 1 amide bonds. The number of ether oxygens (including phenoxy) is 3. The number of cyclic esters (lactones) is 1. The highest BCUT2D eigenvalue weighted by Gasteiger charge is 2.70. The van der Waals surface area contributed by atoms with Crippen LogP contribution >= 0.6 is 0 Å². The number of amides is 1. The smallest absolute Gasteiger partial charge is 0.397 e. The van der Waals surface area contributed by atoms with Crippen molar-refractivity contribution < 1.29 is 43.6 Å². The molecule has 2 heterocycles. The fourth-order valence-electron chi connectivity index (χ4n) is 8.88. The van der Waals surface area contributed by atoms with Crippen LogP contribution in [-0.4, -0.2) is 75.6 Å². The van der Waals surface area contributed by atoms with E-state index in [9.17, 15) is 29.4 Å². The molecule has 4 aliphatic rings. The highest BCUT2D eigenvalue weighted by Crippen LogP contribution is 2.66. The molecule has 0 saturated heterocycles. The number of hydrogen-bond acceptors (Lipinski definition) is 9. The molecule has 2 aromatic rings. The first-order valence-electron chi connectivity index (χ1n) is 17.3. The van der Waals surface area contributed by atoms with E-state index in [1.165, 1.54) is 0 Å². The van der Waals surface area contributed by atoms with E-state index in [1.54, 1.807) is 25.3 Å². The molecule has 12 atom stereocenters. The Morgan fingerprint density at radius 3 is 2.57 bits per heavy atom. The number of fused-ring (bicyclic) bond motifs is 6. The first-order valence-corrected chi connectivity index (χ1v) is 17.3. The van der Waals surface area contributed by atoms with E-state index in [0.29, 0.717) is 24.1 Å². The van der Waals surface area contributed by atoms with Crippen LogP contribution in [0.4, 0.5) is 0 Å². The second-order valence-corrected chi connectivity index (χ2v) is 14.2. The Bertz CT molecular complexity index is 1600. The van der Waals surface area contributed by atoms with Gasteiger partial charge in [0.2, 0.25) is 0 Å². The number of aliphatic hydroxyl groups excluding tert-OH is 1. The van der Waals surface area contributed by atoms with E-state index in [-0.39, 0.29) is 42.6 Å². The lowest BCUT2D eigenvalue weighted by Crippen LogP contribution is -2.64. The van der Waals surface area contributed by atoms with Crippen LogP contribution in [0.15, 0.2) is 72.5 Å². The van der Waals surface area contributed by atoms with Crippen LogP contribution in [0.2, 0.25) is 0 Å². The van der Waals surface area contributed by atoms with Crippen molar-refractivity contribution in [2.45, 2.75) is 77.0 Å². The molecule has 11 heteroatoms. The van der Waals surface area contributed by atoms with E-state index < -0.39 is 65.7 Å². The number of aromatic amines is 1. The van der Waals surface area contributed by atoms with Gasteiger partial charge in [-0.05, 0) is 61.8 Å². The average molecular weight is 675 g/mol. The highest BCUT2D eigenvalue weighted by molar-refractivity contribution is 6.32. The zero-order valence-electron chi connectivity index (χ0n) is 28.3. The number of allylic oxidation sites excluding steroid dienone is 1. The molecule has 4 unspecified atom stereocenters. The maximum Gasteiger partial charge on any atom is 0.397 e. The molecular formula is C38H46N2O9. The van der Waals surface area contributed by atoms with Crippen molar-refractivity contribution in [2.24, 2.45) is 41.4 Å². The van der Waals surface area contributed by atoms with Crippen molar-refractivity contribution in [2.75, 3.05) is 6.54 Å². The SMILES string of the molecule is C/C1=C\[C@@H](C)[C@@H]([C@@H](C)OC(=O)C(=O)NCCc2ccccc2)OC(=O)CCC2C=CC3C(C4[C@H]3[C@H](OC(=O)c3ccc[nH]3)[C@H](C)[C@H]4O)[C@]12O. The third-order valence-electron chi connectivity index (χ3n) is 11.3. The molecule has 2 fully saturated rings. The van der Waals surface area contributed by atoms with Crippen LogP contribution < -0.4 is 5.32 Å². The third kappa shape index (κ3) is 6.46. The van der Waals surface area contributed by atoms with Gasteiger partial charge in [-0.2, -0.15) is 0 Å². The Balaban J connectivity index is 1.17. The first kappa shape index (κ1) is 34.6. The van der Waals surface area contributed by atoms with Crippen LogP contribution in [0.25, 0.3) is 0 Å². The van der Waals surface area contributed by atoms with E-state index in [2.05, 4.69) is 10.3 Å². The number of rotatable bonds is 7. The second kappa shape index (κ2) is 14.0. The number of hydrogen-bond donors (Lipinski definition) is 4. The number of aromatic nitrogens is 1. The van der Waals surface area contributed by atoms with Gasteiger partial charge in [-0.25, -0.2) is 9.59 Å². The van der Waals surface area contributed by atoms with Crippen molar-refractivity contribution in [1.82, 2.24) is 10.3 Å². The number of esters is 3. The van der Waals surface area contributed by atoms with Crippen molar-refractivity contribution in [1.29, 1.82) is 0 Å². The van der Waals surface area contributed by atoms with Gasteiger partial charge in [0.15, 0.2) is 0 Å². The minimum absolute atomic E-state index is 0.00920. The Labute approximate surface area is 286 Å². The molecule has 262 valence electrons. The summed E-state index contributed by atoms with van der Waals surface area (Å²) in [5.74, 6) is -5.24. The quantitative estimate of drug-likeness (QED) is 0.149. The predicted octanol–water partition coefficient (Wildman–Crippen LogP) is 3.52. The monoisotopic (exact) mass is 674 g/mol. The molecule has 0 radical (unpaired) electrons. The van der Waals surface area contributed by atoms with Crippen LogP contribution in [0, 0.1) is 41.4 Å². The first-order chi connectivity index (χ1) is 23.4. The van der Waals surface area contributed by atoms with Crippen LogP contribution in [0.5, 0.6) is 0 Å². The van der Waals surface area contributed by atoms with Crippen LogP contribution in [0.1, 0.15) is 56.6 Å². The minimum Gasteiger partial charge on any atom is -0.458 e. The second-order valence-electron chi connectivity index (χ2n) is 14.2. The average Bonchev–Trinajstić information content (AvgIpc) is 3.67. The van der Waals surface area contributed by atoms with Gasteiger partial charge in [-0.1, -0.05) is 62.4 Å². The van der Waals surface area contributed by atoms with Gasteiger partial charge in [-0.3, -0.25) is 9.59 Å². The standard InChI is InChI=1S/C38H46N2O9/c1-20-19-21(2)38(46)25(12-14-26-29-30(31(26)38)32(42)22(3)34(29)49-36(44)27-11-8-17-39-27)13-15-28(41)48-33(20)23(4)47-37(45)35(43)40-18-16-24-9-6-5-7-10-24/h5-12,14,17,19-20,22-23,25-26,29-34,39,42,46H,13,15-16,18H2,1-4H3,(H,40,43)/b21-19+/t20-,22-,23-,25?,26?,29+,30?,31?,32-,33+,34-,38+/m1/s1. The molecule has 49 heavy (non-hydrogen) atoms. The van der Waals surface area contributed by atoms with Crippen molar-refractivity contribution in [3.8, 4) is 0 Å². The molecule has 0 bridgehead atoms. The number of benzene rings is 1. The van der Waals surface area contributed by atoms with Gasteiger partial charge >= 0.3 is 23.8 Å². The van der Waals surface area contributed by atoms with E-state index in [1.807, 2.05) is 69.3 Å². The zero-order valence-corrected chi connectivity index (χ0v) is 28.3. The number of nitrogens with one attached hydrogen (secondary N) is 2. The Hall–Kier alpha value is -4.22. The largest absolute Gasteiger partial charge is 0.458 e. The summed E-state index contributed by atoms with van der Waals surface area (Å²) < 4.78 is 17.3. The van der Waals surface area contributed by atoms with Gasteiger partial charge in [-0.15, -0.1) is 0 Å². The molecule has 1 aliphatic heterocycles. The maximum atomic E-state index is 13.1. The Morgan fingerprint density at radius 1 is 1.10 bits per heavy atom. The van der Waals surface area contributed by atoms with E-state index >= 15 is 0 Å². The molecular weight excluding hydrogens is 628 g/mol. The lowest BCUT2D eigenvalue weighted by atomic mass is 9.46.